The fourth-order valence-electron chi connectivity index (χ4n) is 0.389. The summed E-state index contributed by atoms with van der Waals surface area (Å²) in [6, 6.07) is 3.86. The molecule has 0 aromatic carbocycles. The third kappa shape index (κ3) is 0.976. The normalized spacial score (nSPS) is 9.29. The molecule has 0 aliphatic rings. The molecule has 1 aromatic rings. The van der Waals surface area contributed by atoms with E-state index in [0.29, 0.717) is 0 Å². The van der Waals surface area contributed by atoms with E-state index >= 15 is 0 Å². The van der Waals surface area contributed by atoms with E-state index in [4.69, 9.17) is 5.14 Å². The average Bonchev–Trinajstić information content (AvgIpc) is 2.14. The molecule has 0 aliphatic carbocycles. The second kappa shape index (κ2) is 2.04. The molecule has 0 amide bonds. The van der Waals surface area contributed by atoms with E-state index in [9.17, 15) is 0 Å². The van der Waals surface area contributed by atoms with Gasteiger partial charge in [0.15, 0.2) is 0 Å². The van der Waals surface area contributed by atoms with Crippen LogP contribution in [0.15, 0.2) is 24.5 Å². The number of rotatable bonds is 1. The van der Waals surface area contributed by atoms with Crippen LogP contribution in [0.1, 0.15) is 0 Å². The van der Waals surface area contributed by atoms with Gasteiger partial charge in [-0.1, -0.05) is 0 Å². The topological polar surface area (TPSA) is 30.9 Å². The third-order valence-corrected chi connectivity index (χ3v) is 1.19. The van der Waals surface area contributed by atoms with Crippen molar-refractivity contribution in [2.75, 3.05) is 0 Å². The Hall–Kier alpha value is -0.410. The number of nitrogens with zero attached hydrogens (tertiary/aromatic N) is 1. The first-order chi connectivity index (χ1) is 3.43. The third-order valence-electron chi connectivity index (χ3n) is 0.699. The minimum atomic E-state index is 1.19. The standard InChI is InChI=1S/C4H6N2S/c5-7-6-3-1-2-4-6/h1-4H,5H2. The van der Waals surface area contributed by atoms with Crippen LogP contribution in [0.5, 0.6) is 0 Å². The van der Waals surface area contributed by atoms with Crippen LogP contribution in [-0.4, -0.2) is 3.97 Å². The van der Waals surface area contributed by atoms with Gasteiger partial charge in [0.1, 0.15) is 0 Å². The first-order valence-corrected chi connectivity index (χ1v) is 2.77. The lowest BCUT2D eigenvalue weighted by Crippen LogP contribution is -1.85. The number of aromatic nitrogens is 1. The summed E-state index contributed by atoms with van der Waals surface area (Å²) in [5, 5.41) is 5.17. The van der Waals surface area contributed by atoms with Crippen molar-refractivity contribution in [1.82, 2.24) is 3.97 Å². The van der Waals surface area contributed by atoms with Crippen molar-refractivity contribution >= 4 is 12.1 Å². The maximum absolute atomic E-state index is 5.17. The number of hydrogen-bond donors (Lipinski definition) is 1. The zero-order valence-electron chi connectivity index (χ0n) is 3.74. The van der Waals surface area contributed by atoms with Crippen molar-refractivity contribution < 1.29 is 0 Å². The van der Waals surface area contributed by atoms with Crippen molar-refractivity contribution in [3.8, 4) is 0 Å². The minimum Gasteiger partial charge on any atom is -0.286 e. The lowest BCUT2D eigenvalue weighted by molar-refractivity contribution is 1.29. The van der Waals surface area contributed by atoms with E-state index in [2.05, 4.69) is 0 Å². The monoisotopic (exact) mass is 114 g/mol. The molecule has 2 N–H and O–H groups in total. The molecule has 38 valence electrons. The zero-order valence-corrected chi connectivity index (χ0v) is 4.56. The Morgan fingerprint density at radius 2 is 1.86 bits per heavy atom. The Morgan fingerprint density at radius 3 is 2.14 bits per heavy atom. The molecular formula is C4H6N2S. The summed E-state index contributed by atoms with van der Waals surface area (Å²) in [6.45, 7) is 0. The predicted octanol–water partition coefficient (Wildman–Crippen LogP) is 0.858. The van der Waals surface area contributed by atoms with Crippen LogP contribution in [0.2, 0.25) is 0 Å². The van der Waals surface area contributed by atoms with Crippen molar-refractivity contribution in [2.45, 2.75) is 0 Å². The summed E-state index contributed by atoms with van der Waals surface area (Å²) in [4.78, 5) is 0. The van der Waals surface area contributed by atoms with Crippen molar-refractivity contribution in [3.63, 3.8) is 0 Å². The molecule has 0 atom stereocenters. The highest BCUT2D eigenvalue weighted by Crippen LogP contribution is 1.94. The lowest BCUT2D eigenvalue weighted by Gasteiger charge is -1.87. The Bertz CT molecular complexity index is 124. The van der Waals surface area contributed by atoms with Crippen LogP contribution in [0.25, 0.3) is 0 Å². The second-order valence-electron chi connectivity index (χ2n) is 1.15. The molecule has 0 bridgehead atoms. The molecular weight excluding hydrogens is 108 g/mol. The van der Waals surface area contributed by atoms with Gasteiger partial charge in [0.05, 0.1) is 0 Å². The molecule has 0 fully saturated rings. The molecule has 1 heterocycles. The van der Waals surface area contributed by atoms with Gasteiger partial charge in [-0.2, -0.15) is 0 Å². The van der Waals surface area contributed by atoms with Crippen LogP contribution < -0.4 is 5.14 Å². The summed E-state index contributed by atoms with van der Waals surface area (Å²) in [5.74, 6) is 0. The smallest absolute Gasteiger partial charge is 0.0379 e. The maximum atomic E-state index is 5.17. The summed E-state index contributed by atoms with van der Waals surface area (Å²) >= 11 is 1.19. The van der Waals surface area contributed by atoms with Gasteiger partial charge in [0.2, 0.25) is 0 Å². The highest BCUT2D eigenvalue weighted by Gasteiger charge is 1.77. The van der Waals surface area contributed by atoms with E-state index in [1.807, 2.05) is 28.5 Å². The van der Waals surface area contributed by atoms with E-state index in [0.717, 1.165) is 0 Å². The highest BCUT2D eigenvalue weighted by atomic mass is 32.2. The summed E-state index contributed by atoms with van der Waals surface area (Å²) in [6.07, 6.45) is 3.79. The molecule has 0 radical (unpaired) electrons. The highest BCUT2D eigenvalue weighted by molar-refractivity contribution is 7.95. The van der Waals surface area contributed by atoms with Crippen molar-refractivity contribution in [1.29, 1.82) is 0 Å². The number of nitrogens with two attached hydrogens (primary N) is 1. The molecule has 0 aliphatic heterocycles. The molecule has 7 heavy (non-hydrogen) atoms. The molecule has 0 saturated heterocycles. The Labute approximate surface area is 46.6 Å². The Balaban J connectivity index is 2.76. The van der Waals surface area contributed by atoms with Crippen LogP contribution in [0.3, 0.4) is 0 Å². The SMILES string of the molecule is NSn1cccc1. The Morgan fingerprint density at radius 1 is 1.29 bits per heavy atom. The molecule has 0 spiro atoms. The second-order valence-corrected chi connectivity index (χ2v) is 1.78. The molecule has 3 heteroatoms. The van der Waals surface area contributed by atoms with E-state index < -0.39 is 0 Å². The fourth-order valence-corrected chi connectivity index (χ4v) is 0.670. The lowest BCUT2D eigenvalue weighted by atomic mass is 10.7. The van der Waals surface area contributed by atoms with Crippen LogP contribution in [0.4, 0.5) is 0 Å². The van der Waals surface area contributed by atoms with Gasteiger partial charge in [0, 0.05) is 24.5 Å². The van der Waals surface area contributed by atoms with Gasteiger partial charge in [-0.3, -0.25) is 9.11 Å². The minimum absolute atomic E-state index is 1.19. The Kier molecular flexibility index (Phi) is 1.38. The van der Waals surface area contributed by atoms with Gasteiger partial charge < -0.3 is 0 Å². The molecule has 0 unspecified atom stereocenters. The summed E-state index contributed by atoms with van der Waals surface area (Å²) in [7, 11) is 0. The van der Waals surface area contributed by atoms with Crippen LogP contribution >= 0.6 is 12.1 Å². The molecule has 0 saturated carbocycles. The maximum Gasteiger partial charge on any atom is 0.0379 e. The average molecular weight is 114 g/mol. The largest absolute Gasteiger partial charge is 0.286 e. The predicted molar refractivity (Wildman–Crippen MR) is 31.6 cm³/mol. The molecule has 1 aromatic heterocycles. The van der Waals surface area contributed by atoms with Crippen molar-refractivity contribution in [3.05, 3.63) is 24.5 Å². The van der Waals surface area contributed by atoms with Gasteiger partial charge in [0.25, 0.3) is 0 Å². The molecule has 1 rings (SSSR count). The summed E-state index contributed by atoms with van der Waals surface area (Å²) < 4.78 is 1.82. The fraction of sp³-hybridized carbons (Fsp3) is 0. The van der Waals surface area contributed by atoms with Crippen LogP contribution in [-0.2, 0) is 0 Å². The van der Waals surface area contributed by atoms with E-state index in [1.165, 1.54) is 12.1 Å². The van der Waals surface area contributed by atoms with Gasteiger partial charge in [-0.15, -0.1) is 0 Å². The quantitative estimate of drug-likeness (QED) is 0.549. The molecule has 2 nitrogen and oxygen atoms in total. The van der Waals surface area contributed by atoms with E-state index in [-0.39, 0.29) is 0 Å². The van der Waals surface area contributed by atoms with Gasteiger partial charge >= 0.3 is 0 Å². The number of hydrogen-bond acceptors (Lipinski definition) is 2. The first-order valence-electron chi connectivity index (χ1n) is 1.93. The van der Waals surface area contributed by atoms with Crippen molar-refractivity contribution in [2.24, 2.45) is 5.14 Å². The van der Waals surface area contributed by atoms with E-state index in [1.54, 1.807) is 0 Å². The van der Waals surface area contributed by atoms with Gasteiger partial charge in [-0.05, 0) is 12.1 Å². The zero-order chi connectivity index (χ0) is 5.11. The van der Waals surface area contributed by atoms with Crippen LogP contribution in [0, 0.1) is 0 Å². The first kappa shape index (κ1) is 4.74. The van der Waals surface area contributed by atoms with Gasteiger partial charge in [-0.25, -0.2) is 0 Å². The summed E-state index contributed by atoms with van der Waals surface area (Å²) in [5.41, 5.74) is 0.